The molecule has 1 aromatic carbocycles. The quantitative estimate of drug-likeness (QED) is 0.909. The molecule has 0 radical (unpaired) electrons. The number of nitrogens with zero attached hydrogens (tertiary/aromatic N) is 2. The fourth-order valence-electron chi connectivity index (χ4n) is 2.66. The van der Waals surface area contributed by atoms with Crippen molar-refractivity contribution in [3.63, 3.8) is 0 Å². The molecule has 0 spiro atoms. The molecule has 2 heterocycles. The zero-order valence-electron chi connectivity index (χ0n) is 11.9. The van der Waals surface area contributed by atoms with E-state index in [1.54, 1.807) is 11.3 Å². The predicted molar refractivity (Wildman–Crippen MR) is 85.1 cm³/mol. The Hall–Kier alpha value is -1.39. The molecule has 1 saturated heterocycles. The van der Waals surface area contributed by atoms with Gasteiger partial charge in [-0.15, -0.1) is 11.3 Å². The lowest BCUT2D eigenvalue weighted by Crippen LogP contribution is -2.18. The van der Waals surface area contributed by atoms with Crippen molar-refractivity contribution in [1.82, 2.24) is 9.88 Å². The minimum Gasteiger partial charge on any atom is -0.379 e. The van der Waals surface area contributed by atoms with Crippen LogP contribution in [-0.2, 0) is 13.1 Å². The van der Waals surface area contributed by atoms with E-state index >= 15 is 0 Å². The molecule has 106 valence electrons. The fraction of sp³-hybridized carbons (Fsp3) is 0.438. The number of hydrogen-bond donors (Lipinski definition) is 1. The van der Waals surface area contributed by atoms with Crippen LogP contribution in [0.25, 0.3) is 0 Å². The normalized spacial score (nSPS) is 15.7. The Morgan fingerprint density at radius 3 is 2.90 bits per heavy atom. The third kappa shape index (κ3) is 3.58. The first-order valence-electron chi connectivity index (χ1n) is 7.26. The van der Waals surface area contributed by atoms with Crippen molar-refractivity contribution in [3.8, 4) is 0 Å². The Balaban J connectivity index is 1.58. The van der Waals surface area contributed by atoms with Gasteiger partial charge >= 0.3 is 0 Å². The minimum atomic E-state index is 0.803. The second kappa shape index (κ2) is 6.37. The lowest BCUT2D eigenvalue weighted by molar-refractivity contribution is 0.331. The summed E-state index contributed by atoms with van der Waals surface area (Å²) in [6.45, 7) is 6.42. The van der Waals surface area contributed by atoms with Gasteiger partial charge in [0.2, 0.25) is 0 Å². The third-order valence-electron chi connectivity index (χ3n) is 3.67. The van der Waals surface area contributed by atoms with E-state index < -0.39 is 0 Å². The molecule has 1 fully saturated rings. The molecule has 20 heavy (non-hydrogen) atoms. The second-order valence-electron chi connectivity index (χ2n) is 5.40. The maximum absolute atomic E-state index is 4.48. The summed E-state index contributed by atoms with van der Waals surface area (Å²) in [5.74, 6) is 0. The second-order valence-corrected chi connectivity index (χ2v) is 6.46. The smallest absolute Gasteiger partial charge is 0.0898 e. The molecule has 0 amide bonds. The number of anilines is 1. The van der Waals surface area contributed by atoms with Crippen LogP contribution in [0, 0.1) is 6.92 Å². The largest absolute Gasteiger partial charge is 0.379 e. The van der Waals surface area contributed by atoms with Crippen molar-refractivity contribution < 1.29 is 0 Å². The molecule has 0 unspecified atom stereocenters. The fourth-order valence-corrected chi connectivity index (χ4v) is 3.27. The van der Waals surface area contributed by atoms with Gasteiger partial charge in [0.1, 0.15) is 0 Å². The number of hydrogen-bond acceptors (Lipinski definition) is 4. The first-order valence-corrected chi connectivity index (χ1v) is 8.14. The summed E-state index contributed by atoms with van der Waals surface area (Å²) in [7, 11) is 0. The standard InChI is InChI=1S/C16H21N3S/c1-13-18-16(12-20-13)10-17-15-6-4-5-14(9-15)11-19-7-2-3-8-19/h4-6,9,12,17H,2-3,7-8,10-11H2,1H3. The summed E-state index contributed by atoms with van der Waals surface area (Å²) < 4.78 is 0. The van der Waals surface area contributed by atoms with Gasteiger partial charge in [0.05, 0.1) is 17.2 Å². The Morgan fingerprint density at radius 2 is 2.15 bits per heavy atom. The topological polar surface area (TPSA) is 28.2 Å². The van der Waals surface area contributed by atoms with Gasteiger partial charge in [-0.3, -0.25) is 4.90 Å². The monoisotopic (exact) mass is 287 g/mol. The Kier molecular flexibility index (Phi) is 4.33. The van der Waals surface area contributed by atoms with Gasteiger partial charge in [0, 0.05) is 17.6 Å². The summed E-state index contributed by atoms with van der Waals surface area (Å²) in [6.07, 6.45) is 2.70. The SMILES string of the molecule is Cc1nc(CNc2cccc(CN3CCCC3)c2)cs1. The molecule has 2 aromatic rings. The minimum absolute atomic E-state index is 0.803. The number of thiazole rings is 1. The highest BCUT2D eigenvalue weighted by Gasteiger charge is 2.11. The zero-order chi connectivity index (χ0) is 13.8. The van der Waals surface area contributed by atoms with Crippen molar-refractivity contribution in [3.05, 3.63) is 45.9 Å². The van der Waals surface area contributed by atoms with E-state index in [0.717, 1.165) is 23.8 Å². The number of aryl methyl sites for hydroxylation is 1. The lowest BCUT2D eigenvalue weighted by atomic mass is 10.2. The van der Waals surface area contributed by atoms with E-state index in [-0.39, 0.29) is 0 Å². The van der Waals surface area contributed by atoms with Crippen LogP contribution in [0.4, 0.5) is 5.69 Å². The van der Waals surface area contributed by atoms with E-state index in [2.05, 4.69) is 44.8 Å². The van der Waals surface area contributed by atoms with Gasteiger partial charge in [-0.25, -0.2) is 4.98 Å². The van der Waals surface area contributed by atoms with Gasteiger partial charge in [0.25, 0.3) is 0 Å². The molecular formula is C16H21N3S. The highest BCUT2D eigenvalue weighted by molar-refractivity contribution is 7.09. The number of rotatable bonds is 5. The van der Waals surface area contributed by atoms with Crippen LogP contribution in [0.5, 0.6) is 0 Å². The Morgan fingerprint density at radius 1 is 1.30 bits per heavy atom. The summed E-state index contributed by atoms with van der Waals surface area (Å²) in [6, 6.07) is 8.75. The molecule has 1 aliphatic rings. The molecule has 4 heteroatoms. The number of aromatic nitrogens is 1. The number of nitrogens with one attached hydrogen (secondary N) is 1. The van der Waals surface area contributed by atoms with Crippen LogP contribution < -0.4 is 5.32 Å². The highest BCUT2D eigenvalue weighted by atomic mass is 32.1. The molecule has 1 N–H and O–H groups in total. The number of benzene rings is 1. The van der Waals surface area contributed by atoms with E-state index in [1.165, 1.54) is 37.2 Å². The van der Waals surface area contributed by atoms with Gasteiger partial charge in [-0.2, -0.15) is 0 Å². The van der Waals surface area contributed by atoms with Gasteiger partial charge in [0.15, 0.2) is 0 Å². The van der Waals surface area contributed by atoms with Gasteiger partial charge in [-0.1, -0.05) is 12.1 Å². The first-order chi connectivity index (χ1) is 9.79. The molecule has 1 aliphatic heterocycles. The predicted octanol–water partition coefficient (Wildman–Crippen LogP) is 3.66. The third-order valence-corrected chi connectivity index (χ3v) is 4.49. The highest BCUT2D eigenvalue weighted by Crippen LogP contribution is 2.17. The van der Waals surface area contributed by atoms with Crippen LogP contribution in [0.3, 0.4) is 0 Å². The van der Waals surface area contributed by atoms with E-state index in [9.17, 15) is 0 Å². The van der Waals surface area contributed by atoms with Crippen LogP contribution in [0.15, 0.2) is 29.6 Å². The molecule has 0 bridgehead atoms. The van der Waals surface area contributed by atoms with Crippen molar-refractivity contribution in [1.29, 1.82) is 0 Å². The Bertz CT molecular complexity index is 558. The van der Waals surface area contributed by atoms with Crippen LogP contribution in [-0.4, -0.2) is 23.0 Å². The van der Waals surface area contributed by atoms with Crippen molar-refractivity contribution >= 4 is 17.0 Å². The molecule has 3 nitrogen and oxygen atoms in total. The van der Waals surface area contributed by atoms with E-state index in [1.807, 2.05) is 6.92 Å². The molecule has 3 rings (SSSR count). The summed E-state index contributed by atoms with van der Waals surface area (Å²) in [5, 5.41) is 6.72. The van der Waals surface area contributed by atoms with Crippen LogP contribution >= 0.6 is 11.3 Å². The summed E-state index contributed by atoms with van der Waals surface area (Å²) in [5.41, 5.74) is 3.70. The van der Waals surface area contributed by atoms with E-state index in [4.69, 9.17) is 0 Å². The molecular weight excluding hydrogens is 266 g/mol. The summed E-state index contributed by atoms with van der Waals surface area (Å²) >= 11 is 1.71. The van der Waals surface area contributed by atoms with Crippen molar-refractivity contribution in [2.24, 2.45) is 0 Å². The lowest BCUT2D eigenvalue weighted by Gasteiger charge is -2.15. The Labute approximate surface area is 124 Å². The first kappa shape index (κ1) is 13.6. The van der Waals surface area contributed by atoms with Gasteiger partial charge < -0.3 is 5.32 Å². The van der Waals surface area contributed by atoms with Crippen LogP contribution in [0.1, 0.15) is 29.1 Å². The average molecular weight is 287 g/mol. The van der Waals surface area contributed by atoms with Crippen LogP contribution in [0.2, 0.25) is 0 Å². The van der Waals surface area contributed by atoms with Crippen molar-refractivity contribution in [2.45, 2.75) is 32.9 Å². The van der Waals surface area contributed by atoms with E-state index in [0.29, 0.717) is 0 Å². The molecule has 1 aromatic heterocycles. The molecule has 0 saturated carbocycles. The zero-order valence-corrected chi connectivity index (χ0v) is 12.7. The summed E-state index contributed by atoms with van der Waals surface area (Å²) in [4.78, 5) is 7.01. The molecule has 0 aliphatic carbocycles. The number of likely N-dealkylation sites (tertiary alicyclic amines) is 1. The van der Waals surface area contributed by atoms with Crippen molar-refractivity contribution in [2.75, 3.05) is 18.4 Å². The average Bonchev–Trinajstić information content (AvgIpc) is 3.09. The maximum Gasteiger partial charge on any atom is 0.0898 e. The molecule has 0 atom stereocenters. The van der Waals surface area contributed by atoms with Gasteiger partial charge in [-0.05, 0) is 50.6 Å². The maximum atomic E-state index is 4.48.